The summed E-state index contributed by atoms with van der Waals surface area (Å²) < 4.78 is 68.9. The first-order chi connectivity index (χ1) is 16.7. The van der Waals surface area contributed by atoms with Crippen molar-refractivity contribution in [3.05, 3.63) is 41.0 Å². The number of halogens is 5. The highest BCUT2D eigenvalue weighted by Crippen LogP contribution is 2.35. The Kier molecular flexibility index (Phi) is 8.07. The molecule has 0 bridgehead atoms. The first-order valence-corrected chi connectivity index (χ1v) is 11.5. The van der Waals surface area contributed by atoms with Gasteiger partial charge in [-0.25, -0.2) is 13.8 Å². The third-order valence-corrected chi connectivity index (χ3v) is 5.96. The number of imidazole rings is 1. The van der Waals surface area contributed by atoms with E-state index in [1.165, 1.54) is 0 Å². The number of amides is 2. The van der Waals surface area contributed by atoms with Crippen LogP contribution in [0.2, 0.25) is 0 Å². The Labute approximate surface area is 206 Å². The van der Waals surface area contributed by atoms with Gasteiger partial charge in [-0.15, -0.1) is 0 Å². The van der Waals surface area contributed by atoms with Crippen molar-refractivity contribution in [2.45, 2.75) is 52.5 Å². The minimum absolute atomic E-state index is 0.0942. The van der Waals surface area contributed by atoms with Gasteiger partial charge in [0.25, 0.3) is 5.91 Å². The average molecular weight is 516 g/mol. The highest BCUT2D eigenvalue weighted by molar-refractivity contribution is 5.98. The number of carbonyl (C=O) groups is 2. The van der Waals surface area contributed by atoms with Crippen molar-refractivity contribution in [1.82, 2.24) is 25.1 Å². The quantitative estimate of drug-likeness (QED) is 0.575. The van der Waals surface area contributed by atoms with Crippen LogP contribution in [0.4, 0.5) is 22.0 Å². The first-order valence-electron chi connectivity index (χ1n) is 11.5. The molecule has 0 aliphatic carbocycles. The number of hydrogen-bond donors (Lipinski definition) is 2. The summed E-state index contributed by atoms with van der Waals surface area (Å²) in [6.07, 6.45) is -4.09. The lowest BCUT2D eigenvalue weighted by Gasteiger charge is -2.30. The molecule has 1 aliphatic rings. The van der Waals surface area contributed by atoms with Gasteiger partial charge in [-0.1, -0.05) is 20.8 Å². The monoisotopic (exact) mass is 515 g/mol. The van der Waals surface area contributed by atoms with Crippen LogP contribution in [0, 0.1) is 11.2 Å². The number of aromatic nitrogens is 2. The maximum absolute atomic E-state index is 14.8. The molecule has 0 radical (unpaired) electrons. The van der Waals surface area contributed by atoms with Gasteiger partial charge in [0.1, 0.15) is 24.4 Å². The van der Waals surface area contributed by atoms with Crippen LogP contribution < -0.4 is 10.6 Å². The van der Waals surface area contributed by atoms with Crippen molar-refractivity contribution in [3.63, 3.8) is 0 Å². The highest BCUT2D eigenvalue weighted by Gasteiger charge is 2.36. The lowest BCUT2D eigenvalue weighted by Crippen LogP contribution is -2.54. The van der Waals surface area contributed by atoms with E-state index < -0.39 is 47.5 Å². The molecule has 0 saturated carbocycles. The molecule has 2 amide bonds. The van der Waals surface area contributed by atoms with Gasteiger partial charge in [-0.05, 0) is 43.6 Å². The highest BCUT2D eigenvalue weighted by atomic mass is 19.4. The van der Waals surface area contributed by atoms with E-state index in [2.05, 4.69) is 15.6 Å². The van der Waals surface area contributed by atoms with Crippen LogP contribution in [0.15, 0.2) is 18.2 Å². The van der Waals surface area contributed by atoms with Crippen molar-refractivity contribution in [1.29, 1.82) is 0 Å². The molecule has 1 aliphatic heterocycles. The van der Waals surface area contributed by atoms with E-state index in [0.29, 0.717) is 37.3 Å². The molecule has 0 saturated heterocycles. The largest absolute Gasteiger partial charge is 0.416 e. The second-order valence-electron chi connectivity index (χ2n) is 9.92. The van der Waals surface area contributed by atoms with E-state index in [4.69, 9.17) is 0 Å². The van der Waals surface area contributed by atoms with Crippen LogP contribution in [-0.2, 0) is 24.1 Å². The number of alkyl halides is 4. The molecule has 36 heavy (non-hydrogen) atoms. The van der Waals surface area contributed by atoms with Crippen molar-refractivity contribution in [2.75, 3.05) is 26.8 Å². The summed E-state index contributed by atoms with van der Waals surface area (Å²) in [5, 5.41) is 5.06. The summed E-state index contributed by atoms with van der Waals surface area (Å²) in [5.41, 5.74) is -1.87. The van der Waals surface area contributed by atoms with Crippen LogP contribution in [0.5, 0.6) is 0 Å². The van der Waals surface area contributed by atoms with Crippen molar-refractivity contribution < 1.29 is 31.5 Å². The number of nitrogens with zero attached hydrogens (tertiary/aromatic N) is 3. The summed E-state index contributed by atoms with van der Waals surface area (Å²) in [6, 6.07) is 1.01. The van der Waals surface area contributed by atoms with E-state index in [1.807, 2.05) is 11.9 Å². The number of hydrogen-bond acceptors (Lipinski definition) is 4. The molecule has 1 aromatic heterocycles. The van der Waals surface area contributed by atoms with Gasteiger partial charge in [-0.2, -0.15) is 13.2 Å². The van der Waals surface area contributed by atoms with Gasteiger partial charge < -0.3 is 20.1 Å². The van der Waals surface area contributed by atoms with Crippen LogP contribution in [0.25, 0.3) is 11.4 Å². The fraction of sp³-hybridized carbons (Fsp3) is 0.542. The zero-order valence-corrected chi connectivity index (χ0v) is 20.6. The third-order valence-electron chi connectivity index (χ3n) is 5.96. The van der Waals surface area contributed by atoms with Crippen LogP contribution >= 0.6 is 0 Å². The lowest BCUT2D eigenvalue weighted by atomic mass is 9.86. The van der Waals surface area contributed by atoms with Gasteiger partial charge in [0.15, 0.2) is 5.69 Å². The fourth-order valence-corrected chi connectivity index (χ4v) is 4.13. The van der Waals surface area contributed by atoms with Crippen molar-refractivity contribution in [3.8, 4) is 11.4 Å². The van der Waals surface area contributed by atoms with E-state index in [9.17, 15) is 31.5 Å². The van der Waals surface area contributed by atoms with Crippen LogP contribution in [0.1, 0.15) is 48.9 Å². The summed E-state index contributed by atoms with van der Waals surface area (Å²) in [5.74, 6) is -2.31. The third kappa shape index (κ3) is 6.03. The summed E-state index contributed by atoms with van der Waals surface area (Å²) in [7, 11) is 1.82. The molecule has 12 heteroatoms. The predicted molar refractivity (Wildman–Crippen MR) is 123 cm³/mol. The molecule has 3 rings (SSSR count). The second kappa shape index (κ2) is 10.5. The Balaban J connectivity index is 2.09. The van der Waals surface area contributed by atoms with Gasteiger partial charge in [0.2, 0.25) is 5.91 Å². The van der Waals surface area contributed by atoms with E-state index >= 15 is 0 Å². The minimum atomic E-state index is -4.69. The molecule has 0 fully saturated rings. The zero-order valence-electron chi connectivity index (χ0n) is 20.6. The van der Waals surface area contributed by atoms with Gasteiger partial charge >= 0.3 is 6.18 Å². The van der Waals surface area contributed by atoms with Gasteiger partial charge in [0, 0.05) is 19.6 Å². The standard InChI is InChI=1S/C24H30F5N5O2/c1-23(2,3)19(22(36)30-9-8-25)32-21(35)18-17-13-33(4)10-5-11-34(17)20(31-18)15-12-14(24(27,28)29)6-7-16(15)26/h6-7,12,19H,5,8-11,13H2,1-4H3,(H,30,36)(H,32,35)/t19-/m1/s1. The zero-order chi connectivity index (χ0) is 26.8. The molecule has 7 nitrogen and oxygen atoms in total. The maximum Gasteiger partial charge on any atom is 0.416 e. The SMILES string of the molecule is CN1CCCn2c(-c3cc(C(F)(F)F)ccc3F)nc(C(=O)N[C@H](C(=O)NCCF)C(C)(C)C)c2C1. The molecule has 1 aromatic carbocycles. The summed E-state index contributed by atoms with van der Waals surface area (Å²) in [4.78, 5) is 32.2. The Morgan fingerprint density at radius 3 is 2.47 bits per heavy atom. The number of rotatable bonds is 6. The van der Waals surface area contributed by atoms with E-state index in [-0.39, 0.29) is 30.2 Å². The number of nitrogens with one attached hydrogen (secondary N) is 2. The molecule has 2 heterocycles. The average Bonchev–Trinajstić information content (AvgIpc) is 3.00. The van der Waals surface area contributed by atoms with Gasteiger partial charge in [-0.3, -0.25) is 9.59 Å². The molecular formula is C24H30F5N5O2. The Morgan fingerprint density at radius 2 is 1.86 bits per heavy atom. The second-order valence-corrected chi connectivity index (χ2v) is 9.92. The first kappa shape index (κ1) is 27.6. The Morgan fingerprint density at radius 1 is 1.17 bits per heavy atom. The normalized spacial score (nSPS) is 15.7. The summed E-state index contributed by atoms with van der Waals surface area (Å²) in [6.45, 7) is 5.36. The van der Waals surface area contributed by atoms with Crippen molar-refractivity contribution >= 4 is 11.8 Å². The smallest absolute Gasteiger partial charge is 0.352 e. The van der Waals surface area contributed by atoms with Crippen LogP contribution in [0.3, 0.4) is 0 Å². The number of carbonyl (C=O) groups excluding carboxylic acids is 2. The lowest BCUT2D eigenvalue weighted by molar-refractivity contribution is -0.137. The van der Waals surface area contributed by atoms with E-state index in [0.717, 1.165) is 6.07 Å². The molecule has 2 aromatic rings. The predicted octanol–water partition coefficient (Wildman–Crippen LogP) is 3.77. The minimum Gasteiger partial charge on any atom is -0.352 e. The molecule has 1 atom stereocenters. The maximum atomic E-state index is 14.8. The Bertz CT molecular complexity index is 1120. The number of fused-ring (bicyclic) bond motifs is 1. The van der Waals surface area contributed by atoms with E-state index in [1.54, 1.807) is 25.3 Å². The Hall–Kier alpha value is -3.02. The number of benzene rings is 1. The molecule has 2 N–H and O–H groups in total. The summed E-state index contributed by atoms with van der Waals surface area (Å²) >= 11 is 0. The molecule has 198 valence electrons. The fourth-order valence-electron chi connectivity index (χ4n) is 4.13. The molecular weight excluding hydrogens is 485 g/mol. The van der Waals surface area contributed by atoms with Crippen molar-refractivity contribution in [2.24, 2.45) is 5.41 Å². The molecule has 0 unspecified atom stereocenters. The molecule has 0 spiro atoms. The van der Waals surface area contributed by atoms with Crippen LogP contribution in [-0.4, -0.2) is 59.1 Å². The topological polar surface area (TPSA) is 79.3 Å². The van der Waals surface area contributed by atoms with Gasteiger partial charge in [0.05, 0.1) is 16.8 Å².